The molecule has 0 aliphatic carbocycles. The van der Waals surface area contributed by atoms with E-state index < -0.39 is 0 Å². The fourth-order valence-electron chi connectivity index (χ4n) is 5.31. The minimum absolute atomic E-state index is 0.895. The molecular formula is C26H24N4. The van der Waals surface area contributed by atoms with Crippen molar-refractivity contribution in [2.45, 2.75) is 19.3 Å². The monoisotopic (exact) mass is 392 g/mol. The summed E-state index contributed by atoms with van der Waals surface area (Å²) in [4.78, 5) is 9.76. The van der Waals surface area contributed by atoms with Crippen molar-refractivity contribution in [3.63, 3.8) is 0 Å². The summed E-state index contributed by atoms with van der Waals surface area (Å²) in [5.74, 6) is 0. The van der Waals surface area contributed by atoms with Crippen LogP contribution in [0.2, 0.25) is 0 Å². The van der Waals surface area contributed by atoms with Crippen molar-refractivity contribution in [2.75, 3.05) is 29.8 Å². The molecule has 0 amide bonds. The minimum Gasteiger partial charge on any atom is -0.340 e. The van der Waals surface area contributed by atoms with Crippen LogP contribution < -0.4 is 9.80 Å². The second kappa shape index (κ2) is 6.05. The molecule has 7 rings (SSSR count). The van der Waals surface area contributed by atoms with Crippen LogP contribution in [0.5, 0.6) is 0 Å². The smallest absolute Gasteiger partial charge is 0.0964 e. The predicted molar refractivity (Wildman–Crippen MR) is 122 cm³/mol. The maximum atomic E-state index is 2.46. The van der Waals surface area contributed by atoms with Gasteiger partial charge in [-0.3, -0.25) is 0 Å². The highest BCUT2D eigenvalue weighted by molar-refractivity contribution is 5.79. The van der Waals surface area contributed by atoms with Gasteiger partial charge in [0.05, 0.1) is 42.8 Å². The summed E-state index contributed by atoms with van der Waals surface area (Å²) in [5, 5.41) is 0. The first kappa shape index (κ1) is 16.4. The van der Waals surface area contributed by atoms with Gasteiger partial charge in [-0.25, -0.2) is 0 Å². The standard InChI is InChI=1S/C26H24N4/c1-2-19-4-6-21-8-10-23-14-27(17-29(23)25(21)12-19)16-28-15-24-11-9-22-7-5-20(3-1)13-26(22)30(24)18-28/h4-15H,1-3,16-18H2. The molecule has 0 saturated carbocycles. The van der Waals surface area contributed by atoms with E-state index in [4.69, 9.17) is 0 Å². The summed E-state index contributed by atoms with van der Waals surface area (Å²) in [6, 6.07) is 14.0. The number of anilines is 2. The third-order valence-electron chi connectivity index (χ3n) is 6.83. The zero-order valence-electron chi connectivity index (χ0n) is 17.0. The molecule has 5 aliphatic heterocycles. The summed E-state index contributed by atoms with van der Waals surface area (Å²) in [6.07, 6.45) is 17.0. The summed E-state index contributed by atoms with van der Waals surface area (Å²) >= 11 is 0. The van der Waals surface area contributed by atoms with E-state index in [1.807, 2.05) is 0 Å². The normalized spacial score (nSPS) is 20.4. The summed E-state index contributed by atoms with van der Waals surface area (Å²) in [6.45, 7) is 2.71. The molecule has 148 valence electrons. The number of benzene rings is 2. The Morgan fingerprint density at radius 3 is 1.63 bits per heavy atom. The highest BCUT2D eigenvalue weighted by atomic mass is 15.5. The van der Waals surface area contributed by atoms with Crippen molar-refractivity contribution >= 4 is 23.5 Å². The van der Waals surface area contributed by atoms with Gasteiger partial charge in [0, 0.05) is 12.4 Å². The molecule has 0 saturated heterocycles. The van der Waals surface area contributed by atoms with Crippen molar-refractivity contribution in [3.05, 3.63) is 94.6 Å². The molecule has 0 N–H and O–H groups in total. The molecule has 4 nitrogen and oxygen atoms in total. The Kier molecular flexibility index (Phi) is 3.31. The van der Waals surface area contributed by atoms with Crippen LogP contribution >= 0.6 is 0 Å². The van der Waals surface area contributed by atoms with Gasteiger partial charge in [0.25, 0.3) is 0 Å². The third kappa shape index (κ3) is 2.46. The molecule has 0 unspecified atom stereocenters. The molecular weight excluding hydrogens is 368 g/mol. The molecule has 5 heterocycles. The molecule has 0 fully saturated rings. The fourth-order valence-corrected chi connectivity index (χ4v) is 5.31. The molecule has 2 aromatic rings. The number of hydrogen-bond acceptors (Lipinski definition) is 4. The first-order chi connectivity index (χ1) is 14.8. The summed E-state index contributed by atoms with van der Waals surface area (Å²) in [5.41, 5.74) is 10.8. The van der Waals surface area contributed by atoms with Gasteiger partial charge in [-0.15, -0.1) is 0 Å². The van der Waals surface area contributed by atoms with Crippen LogP contribution in [0.4, 0.5) is 11.4 Å². The van der Waals surface area contributed by atoms with Crippen molar-refractivity contribution in [1.82, 2.24) is 9.80 Å². The maximum absolute atomic E-state index is 2.46. The summed E-state index contributed by atoms with van der Waals surface area (Å²) in [7, 11) is 0. The van der Waals surface area contributed by atoms with Gasteiger partial charge in [0.2, 0.25) is 0 Å². The van der Waals surface area contributed by atoms with Gasteiger partial charge in [-0.2, -0.15) is 0 Å². The molecule has 4 heteroatoms. The molecule has 0 radical (unpaired) electrons. The van der Waals surface area contributed by atoms with Gasteiger partial charge in [-0.05, 0) is 65.8 Å². The Labute approximate surface area is 177 Å². The second-order valence-corrected chi connectivity index (χ2v) is 8.87. The third-order valence-corrected chi connectivity index (χ3v) is 6.83. The lowest BCUT2D eigenvalue weighted by Gasteiger charge is -2.31. The van der Waals surface area contributed by atoms with Crippen molar-refractivity contribution < 1.29 is 0 Å². The lowest BCUT2D eigenvalue weighted by Crippen LogP contribution is -2.37. The number of aryl methyl sites for hydroxylation is 2. The quantitative estimate of drug-likeness (QED) is 0.643. The second-order valence-electron chi connectivity index (χ2n) is 8.87. The molecule has 30 heavy (non-hydrogen) atoms. The van der Waals surface area contributed by atoms with E-state index in [9.17, 15) is 0 Å². The molecule has 0 spiro atoms. The maximum Gasteiger partial charge on any atom is 0.0964 e. The SMILES string of the molecule is C1=Cc2ccc3cc2N2CN(C=C12)CN1C=C2C=Cc4ccc(cc4N2C1)CCC3. The first-order valence-electron chi connectivity index (χ1n) is 10.9. The van der Waals surface area contributed by atoms with E-state index in [1.54, 1.807) is 0 Å². The predicted octanol–water partition coefficient (Wildman–Crippen LogP) is 4.73. The molecule has 0 aromatic heterocycles. The van der Waals surface area contributed by atoms with Crippen LogP contribution in [0.15, 0.2) is 72.3 Å². The number of fused-ring (bicyclic) bond motifs is 4. The van der Waals surface area contributed by atoms with Gasteiger partial charge in [0.15, 0.2) is 0 Å². The van der Waals surface area contributed by atoms with Crippen LogP contribution in [0.3, 0.4) is 0 Å². The topological polar surface area (TPSA) is 13.0 Å². The molecule has 2 aromatic carbocycles. The van der Waals surface area contributed by atoms with Crippen LogP contribution in [0, 0.1) is 0 Å². The van der Waals surface area contributed by atoms with Crippen LogP contribution in [-0.4, -0.2) is 29.8 Å². The fraction of sp³-hybridized carbons (Fsp3) is 0.231. The Balaban J connectivity index is 1.31. The Bertz CT molecular complexity index is 1090. The molecule has 5 aliphatic rings. The Morgan fingerprint density at radius 2 is 1.10 bits per heavy atom. The van der Waals surface area contributed by atoms with E-state index in [0.717, 1.165) is 32.8 Å². The van der Waals surface area contributed by atoms with E-state index in [0.29, 0.717) is 0 Å². The van der Waals surface area contributed by atoms with Crippen LogP contribution in [-0.2, 0) is 12.8 Å². The largest absolute Gasteiger partial charge is 0.340 e. The van der Waals surface area contributed by atoms with Gasteiger partial charge in [0.1, 0.15) is 0 Å². The average molecular weight is 393 g/mol. The van der Waals surface area contributed by atoms with Crippen LogP contribution in [0.1, 0.15) is 28.7 Å². The Hall–Kier alpha value is -3.40. The zero-order valence-corrected chi connectivity index (χ0v) is 17.0. The van der Waals surface area contributed by atoms with Crippen molar-refractivity contribution in [3.8, 4) is 0 Å². The zero-order chi connectivity index (χ0) is 19.7. The number of rotatable bonds is 0. The van der Waals surface area contributed by atoms with Gasteiger partial charge >= 0.3 is 0 Å². The van der Waals surface area contributed by atoms with E-state index in [1.165, 1.54) is 51.4 Å². The highest BCUT2D eigenvalue weighted by Gasteiger charge is 2.29. The first-order valence-corrected chi connectivity index (χ1v) is 10.9. The number of hydrogen-bond donors (Lipinski definition) is 0. The average Bonchev–Trinajstić information content (AvgIpc) is 3.36. The summed E-state index contributed by atoms with van der Waals surface area (Å²) < 4.78 is 0. The molecule has 0 atom stereocenters. The molecule has 8 bridgehead atoms. The highest BCUT2D eigenvalue weighted by Crippen LogP contribution is 2.38. The van der Waals surface area contributed by atoms with Crippen molar-refractivity contribution in [1.29, 1.82) is 0 Å². The number of nitrogens with zero attached hydrogens (tertiary/aromatic N) is 4. The van der Waals surface area contributed by atoms with E-state index in [-0.39, 0.29) is 0 Å². The van der Waals surface area contributed by atoms with E-state index >= 15 is 0 Å². The van der Waals surface area contributed by atoms with E-state index in [2.05, 4.69) is 92.7 Å². The van der Waals surface area contributed by atoms with Crippen molar-refractivity contribution in [2.24, 2.45) is 0 Å². The van der Waals surface area contributed by atoms with Crippen LogP contribution in [0.25, 0.3) is 12.2 Å². The Morgan fingerprint density at radius 1 is 0.567 bits per heavy atom. The number of allylic oxidation sites excluding steroid dienone is 2. The van der Waals surface area contributed by atoms with Gasteiger partial charge < -0.3 is 19.6 Å². The lowest BCUT2D eigenvalue weighted by molar-refractivity contribution is 0.250. The minimum atomic E-state index is 0.895. The van der Waals surface area contributed by atoms with Gasteiger partial charge in [-0.1, -0.05) is 36.4 Å². The lowest BCUT2D eigenvalue weighted by atomic mass is 9.98.